The molecule has 0 aromatic carbocycles. The maximum atomic E-state index is 12.7. The highest BCUT2D eigenvalue weighted by Gasteiger charge is 2.41. The van der Waals surface area contributed by atoms with E-state index in [2.05, 4.69) is 61.0 Å². The summed E-state index contributed by atoms with van der Waals surface area (Å²) in [5.74, 6) is 1.19. The predicted molar refractivity (Wildman–Crippen MR) is 166 cm³/mol. The van der Waals surface area contributed by atoms with Crippen molar-refractivity contribution < 1.29 is 4.79 Å². The van der Waals surface area contributed by atoms with Crippen LogP contribution in [-0.4, -0.2) is 80.5 Å². The van der Waals surface area contributed by atoms with Crippen molar-refractivity contribution in [1.29, 1.82) is 0 Å². The van der Waals surface area contributed by atoms with Gasteiger partial charge in [-0.05, 0) is 57.7 Å². The maximum absolute atomic E-state index is 12.7. The van der Waals surface area contributed by atoms with Gasteiger partial charge in [0, 0.05) is 75.2 Å². The van der Waals surface area contributed by atoms with Crippen LogP contribution in [0.1, 0.15) is 75.7 Å². The zero-order valence-electron chi connectivity index (χ0n) is 25.0. The lowest BCUT2D eigenvalue weighted by atomic mass is 9.80. The molecule has 7 rings (SSSR count). The lowest BCUT2D eigenvalue weighted by Crippen LogP contribution is -2.52. The summed E-state index contributed by atoms with van der Waals surface area (Å²) in [5.41, 5.74) is 4.08. The molecule has 0 bridgehead atoms. The van der Waals surface area contributed by atoms with Gasteiger partial charge in [0.1, 0.15) is 17.2 Å². The first-order valence-corrected chi connectivity index (χ1v) is 15.9. The fraction of sp³-hybridized carbons (Fsp3) is 0.562. The number of nitrogens with zero attached hydrogens (tertiary/aromatic N) is 7. The molecule has 1 saturated heterocycles. The summed E-state index contributed by atoms with van der Waals surface area (Å²) in [6.07, 6.45) is 15.4. The third-order valence-corrected chi connectivity index (χ3v) is 10.0. The minimum atomic E-state index is -0.0963. The van der Waals surface area contributed by atoms with Gasteiger partial charge in [0.2, 0.25) is 5.95 Å². The molecular weight excluding hydrogens is 526 g/mol. The molecule has 6 heterocycles. The van der Waals surface area contributed by atoms with Gasteiger partial charge < -0.3 is 29.9 Å². The normalized spacial score (nSPS) is 20.5. The Hall–Kier alpha value is -3.82. The van der Waals surface area contributed by atoms with Crippen molar-refractivity contribution in [3.05, 3.63) is 48.2 Å². The lowest BCUT2D eigenvalue weighted by molar-refractivity contribution is 0.0833. The van der Waals surface area contributed by atoms with E-state index >= 15 is 0 Å². The van der Waals surface area contributed by atoms with Gasteiger partial charge >= 0.3 is 0 Å². The molecular formula is C32H43N9O. The molecule has 10 heteroatoms. The van der Waals surface area contributed by atoms with E-state index in [1.807, 2.05) is 24.5 Å². The molecule has 0 radical (unpaired) electrons. The summed E-state index contributed by atoms with van der Waals surface area (Å²) in [6.45, 7) is 10.6. The Balaban J connectivity index is 1.02. The number of amides is 1. The summed E-state index contributed by atoms with van der Waals surface area (Å²) in [4.78, 5) is 34.4. The molecule has 10 nitrogen and oxygen atoms in total. The molecule has 0 unspecified atom stereocenters. The summed E-state index contributed by atoms with van der Waals surface area (Å²) in [6, 6.07) is 6.71. The first kappa shape index (κ1) is 27.0. The molecule has 1 amide bonds. The molecule has 42 heavy (non-hydrogen) atoms. The Labute approximate surface area is 248 Å². The van der Waals surface area contributed by atoms with Gasteiger partial charge in [0.05, 0.1) is 17.4 Å². The summed E-state index contributed by atoms with van der Waals surface area (Å²) >= 11 is 0. The summed E-state index contributed by atoms with van der Waals surface area (Å²) < 4.78 is 2.20. The molecule has 3 aromatic rings. The zero-order valence-corrected chi connectivity index (χ0v) is 25.0. The number of carbonyl (C=O) groups excluding carboxylic acids is 1. The van der Waals surface area contributed by atoms with Crippen LogP contribution in [0.3, 0.4) is 0 Å². The number of pyridine rings is 1. The van der Waals surface area contributed by atoms with E-state index in [1.165, 1.54) is 31.4 Å². The molecule has 2 fully saturated rings. The Kier molecular flexibility index (Phi) is 7.15. The van der Waals surface area contributed by atoms with E-state index in [4.69, 9.17) is 9.97 Å². The molecule has 2 N–H and O–H groups in total. The number of aromatic nitrogens is 4. The standard InChI is InChI=1S/C32H43N9O/c1-3-38(4-2)26-12-17-40(21-26)24-10-15-39(16-11-24)25-8-9-28(33-20-25)36-31-34-19-23-18-27-30(42)35-22-32(13-6-5-7-14-32)41(27)29(23)37-31/h8-9,18-21,24H,3-7,10-17,22H2,1-2H3,(H,35,42)(H,33,34,36,37). The van der Waals surface area contributed by atoms with Crippen molar-refractivity contribution >= 4 is 34.4 Å². The lowest BCUT2D eigenvalue weighted by Gasteiger charge is -2.42. The monoisotopic (exact) mass is 569 g/mol. The number of carbonyl (C=O) groups is 1. The molecule has 3 aliphatic heterocycles. The van der Waals surface area contributed by atoms with Crippen LogP contribution >= 0.6 is 0 Å². The maximum Gasteiger partial charge on any atom is 0.268 e. The second-order valence-corrected chi connectivity index (χ2v) is 12.3. The molecule has 1 spiro atoms. The SMILES string of the molecule is CCN(CC)C1=CN(C2CCN(c3ccc(Nc4ncc5cc6n(c5n4)C4(CCCCC4)CNC6=O)nc3)CC2)CC1. The Morgan fingerprint density at radius 2 is 1.86 bits per heavy atom. The number of anilines is 3. The minimum absolute atomic E-state index is 0.0266. The second-order valence-electron chi connectivity index (χ2n) is 12.3. The van der Waals surface area contributed by atoms with Crippen LogP contribution in [0.15, 0.2) is 42.5 Å². The van der Waals surface area contributed by atoms with Gasteiger partial charge in [-0.25, -0.2) is 9.97 Å². The molecule has 222 valence electrons. The van der Waals surface area contributed by atoms with Crippen LogP contribution in [0.5, 0.6) is 0 Å². The molecule has 3 aromatic heterocycles. The molecule has 4 aliphatic rings. The van der Waals surface area contributed by atoms with Gasteiger partial charge in [-0.15, -0.1) is 0 Å². The van der Waals surface area contributed by atoms with E-state index in [0.717, 1.165) is 80.9 Å². The van der Waals surface area contributed by atoms with E-state index in [1.54, 1.807) is 0 Å². The number of hydrogen-bond donors (Lipinski definition) is 2. The van der Waals surface area contributed by atoms with Crippen molar-refractivity contribution in [3.63, 3.8) is 0 Å². The predicted octanol–water partition coefficient (Wildman–Crippen LogP) is 4.83. The largest absolute Gasteiger partial charge is 0.374 e. The minimum Gasteiger partial charge on any atom is -0.374 e. The zero-order chi connectivity index (χ0) is 28.7. The van der Waals surface area contributed by atoms with Crippen molar-refractivity contribution in [2.45, 2.75) is 76.8 Å². The van der Waals surface area contributed by atoms with E-state index in [9.17, 15) is 4.79 Å². The van der Waals surface area contributed by atoms with Gasteiger partial charge in [0.25, 0.3) is 5.91 Å². The van der Waals surface area contributed by atoms with E-state index < -0.39 is 0 Å². The van der Waals surface area contributed by atoms with Gasteiger partial charge in [0.15, 0.2) is 0 Å². The summed E-state index contributed by atoms with van der Waals surface area (Å²) in [7, 11) is 0. The summed E-state index contributed by atoms with van der Waals surface area (Å²) in [5, 5.41) is 7.34. The third kappa shape index (κ3) is 4.84. The number of rotatable bonds is 7. The van der Waals surface area contributed by atoms with Crippen molar-refractivity contribution in [2.24, 2.45) is 0 Å². The van der Waals surface area contributed by atoms with Gasteiger partial charge in [-0.2, -0.15) is 4.98 Å². The van der Waals surface area contributed by atoms with Crippen LogP contribution in [0.25, 0.3) is 11.0 Å². The van der Waals surface area contributed by atoms with Crippen LogP contribution in [0, 0.1) is 0 Å². The smallest absolute Gasteiger partial charge is 0.268 e. The Bertz CT molecular complexity index is 1460. The van der Waals surface area contributed by atoms with E-state index in [-0.39, 0.29) is 11.4 Å². The van der Waals surface area contributed by atoms with Gasteiger partial charge in [-0.3, -0.25) is 4.79 Å². The average Bonchev–Trinajstić information content (AvgIpc) is 3.67. The highest BCUT2D eigenvalue weighted by Crippen LogP contribution is 2.40. The van der Waals surface area contributed by atoms with E-state index in [0.29, 0.717) is 24.2 Å². The Morgan fingerprint density at radius 3 is 2.60 bits per heavy atom. The molecule has 1 saturated carbocycles. The topological polar surface area (TPSA) is 94.5 Å². The fourth-order valence-electron chi connectivity index (χ4n) is 7.66. The van der Waals surface area contributed by atoms with Crippen molar-refractivity contribution in [3.8, 4) is 0 Å². The first-order valence-electron chi connectivity index (χ1n) is 15.9. The van der Waals surface area contributed by atoms with Crippen LogP contribution in [0.4, 0.5) is 17.5 Å². The average molecular weight is 570 g/mol. The quantitative estimate of drug-likeness (QED) is 0.418. The van der Waals surface area contributed by atoms with Gasteiger partial charge in [-0.1, -0.05) is 19.3 Å². The Morgan fingerprint density at radius 1 is 1.05 bits per heavy atom. The van der Waals surface area contributed by atoms with Crippen LogP contribution in [0.2, 0.25) is 0 Å². The number of nitrogens with one attached hydrogen (secondary N) is 2. The van der Waals surface area contributed by atoms with Crippen molar-refractivity contribution in [2.75, 3.05) is 49.5 Å². The highest BCUT2D eigenvalue weighted by atomic mass is 16.2. The third-order valence-electron chi connectivity index (χ3n) is 10.0. The van der Waals surface area contributed by atoms with Crippen LogP contribution in [-0.2, 0) is 5.54 Å². The number of hydrogen-bond acceptors (Lipinski definition) is 8. The molecule has 1 aliphatic carbocycles. The fourth-order valence-corrected chi connectivity index (χ4v) is 7.66. The van der Waals surface area contributed by atoms with Crippen LogP contribution < -0.4 is 15.5 Å². The van der Waals surface area contributed by atoms with Crippen molar-refractivity contribution in [1.82, 2.24) is 34.6 Å². The first-order chi connectivity index (χ1) is 20.6. The highest BCUT2D eigenvalue weighted by molar-refractivity contribution is 5.99. The number of piperidine rings is 1. The second kappa shape index (κ2) is 11.1. The molecule has 0 atom stereocenters. The number of fused-ring (bicyclic) bond motifs is 4.